The molecule has 2 heterocycles. The van der Waals surface area contributed by atoms with Crippen molar-refractivity contribution in [3.8, 4) is 0 Å². The minimum Gasteiger partial charge on any atom is -0.362 e. The first-order chi connectivity index (χ1) is 12.1. The van der Waals surface area contributed by atoms with E-state index in [0.717, 1.165) is 12.2 Å². The molecule has 25 heavy (non-hydrogen) atoms. The molecule has 1 fully saturated rings. The van der Waals surface area contributed by atoms with Gasteiger partial charge in [-0.3, -0.25) is 9.69 Å². The number of carbonyl (C=O) groups is 1. The number of hydrogen-bond acceptors (Lipinski definition) is 4. The number of benzene rings is 1. The van der Waals surface area contributed by atoms with Crippen LogP contribution in [0.15, 0.2) is 42.6 Å². The van der Waals surface area contributed by atoms with Crippen molar-refractivity contribution in [2.24, 2.45) is 0 Å². The van der Waals surface area contributed by atoms with E-state index in [1.165, 1.54) is 37.9 Å². The number of hydrogen-bond donors (Lipinski definition) is 1. The fourth-order valence-electron chi connectivity index (χ4n) is 3.25. The molecule has 5 nitrogen and oxygen atoms in total. The monoisotopic (exact) mass is 338 g/mol. The van der Waals surface area contributed by atoms with Gasteiger partial charge < -0.3 is 10.2 Å². The van der Waals surface area contributed by atoms with E-state index in [9.17, 15) is 4.79 Å². The smallest absolute Gasteiger partial charge is 0.259 e. The lowest BCUT2D eigenvalue weighted by Crippen LogP contribution is -2.29. The van der Waals surface area contributed by atoms with Crippen LogP contribution in [0.4, 0.5) is 11.5 Å². The maximum absolute atomic E-state index is 12.7. The topological polar surface area (TPSA) is 48.5 Å². The van der Waals surface area contributed by atoms with Crippen molar-refractivity contribution in [1.82, 2.24) is 9.88 Å². The Labute approximate surface area is 149 Å². The minimum absolute atomic E-state index is 0.132. The van der Waals surface area contributed by atoms with Gasteiger partial charge in [-0.1, -0.05) is 18.6 Å². The van der Waals surface area contributed by atoms with Crippen LogP contribution >= 0.6 is 0 Å². The van der Waals surface area contributed by atoms with Gasteiger partial charge in [0.15, 0.2) is 0 Å². The number of rotatable bonds is 5. The highest BCUT2D eigenvalue weighted by Gasteiger charge is 2.15. The predicted octanol–water partition coefficient (Wildman–Crippen LogP) is 3.39. The van der Waals surface area contributed by atoms with E-state index >= 15 is 0 Å². The second-order valence-corrected chi connectivity index (χ2v) is 6.76. The number of likely N-dealkylation sites (tertiary alicyclic amines) is 1. The molecule has 0 atom stereocenters. The van der Waals surface area contributed by atoms with E-state index in [0.29, 0.717) is 11.4 Å². The number of nitrogens with one attached hydrogen (secondary N) is 1. The second-order valence-electron chi connectivity index (χ2n) is 6.76. The summed E-state index contributed by atoms with van der Waals surface area (Å²) in [4.78, 5) is 21.3. The molecule has 5 heteroatoms. The first-order valence-corrected chi connectivity index (χ1v) is 8.88. The van der Waals surface area contributed by atoms with Crippen LogP contribution in [0.25, 0.3) is 0 Å². The molecule has 132 valence electrons. The van der Waals surface area contributed by atoms with Gasteiger partial charge in [-0.05, 0) is 55.8 Å². The molecule has 1 aliphatic rings. The summed E-state index contributed by atoms with van der Waals surface area (Å²) in [5, 5.41) is 3.01. The Hall–Kier alpha value is -2.40. The summed E-state index contributed by atoms with van der Waals surface area (Å²) >= 11 is 0. The highest BCUT2D eigenvalue weighted by atomic mass is 16.1. The molecule has 0 radical (unpaired) electrons. The SMILES string of the molecule is CN(C)c1ncccc1C(=O)Nc1cccc(CN2CCCCC2)c1. The third-order valence-corrected chi connectivity index (χ3v) is 4.49. The summed E-state index contributed by atoms with van der Waals surface area (Å²) in [6.07, 6.45) is 5.60. The van der Waals surface area contributed by atoms with Crippen LogP contribution in [0.1, 0.15) is 35.2 Å². The Bertz CT molecular complexity index is 723. The largest absolute Gasteiger partial charge is 0.362 e. The lowest BCUT2D eigenvalue weighted by Gasteiger charge is -2.26. The lowest BCUT2D eigenvalue weighted by molar-refractivity contribution is 0.102. The maximum Gasteiger partial charge on any atom is 0.259 e. The highest BCUT2D eigenvalue weighted by Crippen LogP contribution is 2.19. The Morgan fingerprint density at radius 1 is 1.16 bits per heavy atom. The van der Waals surface area contributed by atoms with Gasteiger partial charge in [-0.2, -0.15) is 0 Å². The minimum atomic E-state index is -0.132. The Morgan fingerprint density at radius 2 is 1.96 bits per heavy atom. The Morgan fingerprint density at radius 3 is 2.72 bits per heavy atom. The van der Waals surface area contributed by atoms with Crippen LogP contribution in [-0.4, -0.2) is 43.0 Å². The van der Waals surface area contributed by atoms with E-state index < -0.39 is 0 Å². The van der Waals surface area contributed by atoms with Crippen LogP contribution in [0.5, 0.6) is 0 Å². The average molecular weight is 338 g/mol. The van der Waals surface area contributed by atoms with Gasteiger partial charge >= 0.3 is 0 Å². The van der Waals surface area contributed by atoms with Crippen molar-refractivity contribution in [2.75, 3.05) is 37.4 Å². The molecule has 1 N–H and O–H groups in total. The van der Waals surface area contributed by atoms with E-state index in [-0.39, 0.29) is 5.91 Å². The third-order valence-electron chi connectivity index (χ3n) is 4.49. The van der Waals surface area contributed by atoms with Crippen molar-refractivity contribution >= 4 is 17.4 Å². The quantitative estimate of drug-likeness (QED) is 0.908. The maximum atomic E-state index is 12.7. The molecular formula is C20H26N4O. The molecule has 0 unspecified atom stereocenters. The van der Waals surface area contributed by atoms with Crippen LogP contribution < -0.4 is 10.2 Å². The normalized spacial score (nSPS) is 15.0. The number of aromatic nitrogens is 1. The predicted molar refractivity (Wildman–Crippen MR) is 102 cm³/mol. The van der Waals surface area contributed by atoms with Crippen LogP contribution in [-0.2, 0) is 6.54 Å². The number of pyridine rings is 1. The average Bonchev–Trinajstić information content (AvgIpc) is 2.63. The first-order valence-electron chi connectivity index (χ1n) is 8.88. The van der Waals surface area contributed by atoms with Crippen LogP contribution in [0, 0.1) is 0 Å². The molecule has 0 spiro atoms. The zero-order valence-electron chi connectivity index (χ0n) is 15.0. The lowest BCUT2D eigenvalue weighted by atomic mass is 10.1. The molecule has 2 aromatic rings. The third kappa shape index (κ3) is 4.57. The molecule has 1 aromatic heterocycles. The van der Waals surface area contributed by atoms with Gasteiger partial charge in [-0.25, -0.2) is 4.98 Å². The molecule has 0 bridgehead atoms. The summed E-state index contributed by atoms with van der Waals surface area (Å²) in [5.41, 5.74) is 2.64. The number of anilines is 2. The van der Waals surface area contributed by atoms with Gasteiger partial charge in [-0.15, -0.1) is 0 Å². The standard InChI is InChI=1S/C20H26N4O/c1-23(2)19-18(10-7-11-21-19)20(25)22-17-9-6-8-16(14-17)15-24-12-4-3-5-13-24/h6-11,14H,3-5,12-13,15H2,1-2H3,(H,22,25). The summed E-state index contributed by atoms with van der Waals surface area (Å²) in [6, 6.07) is 11.7. The van der Waals surface area contributed by atoms with Gasteiger partial charge in [0, 0.05) is 32.5 Å². The Kier molecular flexibility index (Phi) is 5.66. The number of piperidine rings is 1. The number of nitrogens with zero attached hydrogens (tertiary/aromatic N) is 3. The summed E-state index contributed by atoms with van der Waals surface area (Å²) in [5.74, 6) is 0.538. The fourth-order valence-corrected chi connectivity index (χ4v) is 3.25. The Balaban J connectivity index is 1.70. The van der Waals surface area contributed by atoms with E-state index in [1.54, 1.807) is 18.3 Å². The van der Waals surface area contributed by atoms with Gasteiger partial charge in [0.1, 0.15) is 5.82 Å². The zero-order valence-corrected chi connectivity index (χ0v) is 15.0. The highest BCUT2D eigenvalue weighted by molar-refractivity contribution is 6.07. The molecule has 1 amide bonds. The van der Waals surface area contributed by atoms with Crippen molar-refractivity contribution in [3.05, 3.63) is 53.7 Å². The molecule has 1 aromatic carbocycles. The summed E-state index contributed by atoms with van der Waals surface area (Å²) < 4.78 is 0. The van der Waals surface area contributed by atoms with Gasteiger partial charge in [0.05, 0.1) is 5.56 Å². The van der Waals surface area contributed by atoms with Crippen molar-refractivity contribution in [2.45, 2.75) is 25.8 Å². The van der Waals surface area contributed by atoms with Crippen LogP contribution in [0.3, 0.4) is 0 Å². The number of amides is 1. The summed E-state index contributed by atoms with van der Waals surface area (Å²) in [6.45, 7) is 3.27. The first kappa shape index (κ1) is 17.4. The second kappa shape index (κ2) is 8.12. The molecule has 0 saturated carbocycles. The molecule has 3 rings (SSSR count). The molecule has 1 saturated heterocycles. The fraction of sp³-hybridized carbons (Fsp3) is 0.400. The van der Waals surface area contributed by atoms with Crippen LogP contribution in [0.2, 0.25) is 0 Å². The van der Waals surface area contributed by atoms with Gasteiger partial charge in [0.2, 0.25) is 0 Å². The summed E-state index contributed by atoms with van der Waals surface area (Å²) in [7, 11) is 3.77. The van der Waals surface area contributed by atoms with E-state index in [4.69, 9.17) is 0 Å². The number of carbonyl (C=O) groups excluding carboxylic acids is 1. The van der Waals surface area contributed by atoms with E-state index in [2.05, 4.69) is 27.3 Å². The van der Waals surface area contributed by atoms with Gasteiger partial charge in [0.25, 0.3) is 5.91 Å². The van der Waals surface area contributed by atoms with E-state index in [1.807, 2.05) is 31.1 Å². The molecule has 0 aliphatic carbocycles. The zero-order chi connectivity index (χ0) is 17.6. The van der Waals surface area contributed by atoms with Crippen molar-refractivity contribution < 1.29 is 4.79 Å². The van der Waals surface area contributed by atoms with Crippen molar-refractivity contribution in [3.63, 3.8) is 0 Å². The molecule has 1 aliphatic heterocycles. The molecular weight excluding hydrogens is 312 g/mol. The van der Waals surface area contributed by atoms with Crippen molar-refractivity contribution in [1.29, 1.82) is 0 Å².